The second-order valence-corrected chi connectivity index (χ2v) is 6.49. The van der Waals surface area contributed by atoms with E-state index in [9.17, 15) is 19.5 Å². The van der Waals surface area contributed by atoms with Crippen molar-refractivity contribution < 1.29 is 24.2 Å². The highest BCUT2D eigenvalue weighted by atomic mass is 16.5. The van der Waals surface area contributed by atoms with Gasteiger partial charge in [0.1, 0.15) is 0 Å². The third-order valence-corrected chi connectivity index (χ3v) is 4.44. The summed E-state index contributed by atoms with van der Waals surface area (Å²) in [6, 6.07) is 0. The Labute approximate surface area is 137 Å². The fraction of sp³-hybridized carbons (Fsp3) is 0.812. The molecule has 7 nitrogen and oxygen atoms in total. The molecule has 1 rings (SSSR count). The van der Waals surface area contributed by atoms with Crippen LogP contribution >= 0.6 is 0 Å². The fourth-order valence-corrected chi connectivity index (χ4v) is 2.69. The zero-order valence-electron chi connectivity index (χ0n) is 14.4. The number of methoxy groups -OCH3 is 1. The molecule has 0 spiro atoms. The maximum absolute atomic E-state index is 12.4. The molecule has 7 heteroatoms. The molecular weight excluding hydrogens is 300 g/mol. The summed E-state index contributed by atoms with van der Waals surface area (Å²) in [4.78, 5) is 37.8. The number of amides is 2. The van der Waals surface area contributed by atoms with Crippen molar-refractivity contribution in [2.45, 2.75) is 45.6 Å². The standard InChI is InChI=1S/C16H28N2O5/c1-5-11(2)14(20)18-8-6-7-12(9-18)13(19)17-16(3,10-23-4)15(21)22/h11-12H,5-10H2,1-4H3,(H,17,19)(H,21,22). The molecule has 3 unspecified atom stereocenters. The Morgan fingerprint density at radius 1 is 1.43 bits per heavy atom. The smallest absolute Gasteiger partial charge is 0.331 e. The number of hydrogen-bond acceptors (Lipinski definition) is 4. The van der Waals surface area contributed by atoms with Gasteiger partial charge in [-0.3, -0.25) is 9.59 Å². The molecule has 1 heterocycles. The van der Waals surface area contributed by atoms with Crippen LogP contribution in [0.4, 0.5) is 0 Å². The van der Waals surface area contributed by atoms with E-state index in [1.54, 1.807) is 4.90 Å². The van der Waals surface area contributed by atoms with Gasteiger partial charge in [0.05, 0.1) is 12.5 Å². The Morgan fingerprint density at radius 2 is 2.09 bits per heavy atom. The number of piperidine rings is 1. The summed E-state index contributed by atoms with van der Waals surface area (Å²) < 4.78 is 4.90. The van der Waals surface area contributed by atoms with Gasteiger partial charge in [-0.05, 0) is 26.2 Å². The number of hydrogen-bond donors (Lipinski definition) is 2. The van der Waals surface area contributed by atoms with Crippen LogP contribution in [0.5, 0.6) is 0 Å². The maximum atomic E-state index is 12.4. The molecule has 0 saturated carbocycles. The van der Waals surface area contributed by atoms with Crippen LogP contribution in [-0.2, 0) is 19.1 Å². The van der Waals surface area contributed by atoms with Gasteiger partial charge in [-0.2, -0.15) is 0 Å². The van der Waals surface area contributed by atoms with Crippen LogP contribution in [0.25, 0.3) is 0 Å². The zero-order valence-corrected chi connectivity index (χ0v) is 14.4. The van der Waals surface area contributed by atoms with Crippen LogP contribution in [0.15, 0.2) is 0 Å². The van der Waals surface area contributed by atoms with E-state index in [1.165, 1.54) is 14.0 Å². The van der Waals surface area contributed by atoms with Crippen LogP contribution < -0.4 is 5.32 Å². The van der Waals surface area contributed by atoms with Gasteiger partial charge in [0, 0.05) is 26.1 Å². The van der Waals surface area contributed by atoms with Gasteiger partial charge in [-0.25, -0.2) is 4.79 Å². The molecule has 0 aliphatic carbocycles. The highest BCUT2D eigenvalue weighted by Crippen LogP contribution is 2.20. The van der Waals surface area contributed by atoms with Crippen LogP contribution in [0.1, 0.15) is 40.0 Å². The minimum Gasteiger partial charge on any atom is -0.479 e. The third kappa shape index (κ3) is 4.92. The van der Waals surface area contributed by atoms with Crippen molar-refractivity contribution in [2.75, 3.05) is 26.8 Å². The van der Waals surface area contributed by atoms with Crippen molar-refractivity contribution in [1.29, 1.82) is 0 Å². The van der Waals surface area contributed by atoms with Crippen molar-refractivity contribution in [2.24, 2.45) is 11.8 Å². The summed E-state index contributed by atoms with van der Waals surface area (Å²) in [6.45, 7) is 6.14. The first-order chi connectivity index (χ1) is 10.7. The van der Waals surface area contributed by atoms with Crippen LogP contribution in [0.3, 0.4) is 0 Å². The van der Waals surface area contributed by atoms with Gasteiger partial charge >= 0.3 is 5.97 Å². The van der Waals surface area contributed by atoms with E-state index >= 15 is 0 Å². The number of carboxylic acid groups (broad SMARTS) is 1. The van der Waals surface area contributed by atoms with E-state index in [-0.39, 0.29) is 30.3 Å². The number of nitrogens with one attached hydrogen (secondary N) is 1. The van der Waals surface area contributed by atoms with E-state index in [1.807, 2.05) is 13.8 Å². The molecule has 1 saturated heterocycles. The number of carbonyl (C=O) groups excluding carboxylic acids is 2. The highest BCUT2D eigenvalue weighted by molar-refractivity contribution is 5.88. The van der Waals surface area contributed by atoms with Gasteiger partial charge in [-0.15, -0.1) is 0 Å². The molecule has 132 valence electrons. The highest BCUT2D eigenvalue weighted by Gasteiger charge is 2.38. The molecule has 0 aromatic heterocycles. The number of ether oxygens (including phenoxy) is 1. The van der Waals surface area contributed by atoms with Gasteiger partial charge in [0.2, 0.25) is 11.8 Å². The molecule has 0 radical (unpaired) electrons. The van der Waals surface area contributed by atoms with Crippen molar-refractivity contribution in [3.8, 4) is 0 Å². The normalized spacial score (nSPS) is 22.1. The zero-order chi connectivity index (χ0) is 17.6. The maximum Gasteiger partial charge on any atom is 0.331 e. The molecule has 2 N–H and O–H groups in total. The minimum atomic E-state index is -1.46. The second-order valence-electron chi connectivity index (χ2n) is 6.49. The largest absolute Gasteiger partial charge is 0.479 e. The monoisotopic (exact) mass is 328 g/mol. The second kappa shape index (κ2) is 8.29. The molecule has 1 aliphatic rings. The Balaban J connectivity index is 2.72. The lowest BCUT2D eigenvalue weighted by Gasteiger charge is -2.35. The van der Waals surface area contributed by atoms with Crippen LogP contribution in [0, 0.1) is 11.8 Å². The number of nitrogens with zero attached hydrogens (tertiary/aromatic N) is 1. The van der Waals surface area contributed by atoms with Gasteiger partial charge in [-0.1, -0.05) is 13.8 Å². The summed E-state index contributed by atoms with van der Waals surface area (Å²) in [5.41, 5.74) is -1.46. The summed E-state index contributed by atoms with van der Waals surface area (Å²) in [5, 5.41) is 11.9. The average molecular weight is 328 g/mol. The first-order valence-corrected chi connectivity index (χ1v) is 8.08. The van der Waals surface area contributed by atoms with Crippen LogP contribution in [-0.4, -0.2) is 60.1 Å². The Kier molecular flexibility index (Phi) is 7.00. The molecule has 1 fully saturated rings. The molecule has 0 aromatic carbocycles. The number of rotatable bonds is 7. The lowest BCUT2D eigenvalue weighted by Crippen LogP contribution is -2.58. The molecule has 0 bridgehead atoms. The van der Waals surface area contributed by atoms with Crippen molar-refractivity contribution in [3.63, 3.8) is 0 Å². The Morgan fingerprint density at radius 3 is 2.61 bits per heavy atom. The molecule has 0 aromatic rings. The van der Waals surface area contributed by atoms with E-state index in [0.29, 0.717) is 19.5 Å². The predicted molar refractivity (Wildman–Crippen MR) is 84.8 cm³/mol. The number of aliphatic carboxylic acids is 1. The number of likely N-dealkylation sites (tertiary alicyclic amines) is 1. The predicted octanol–water partition coefficient (Wildman–Crippen LogP) is 0.877. The van der Waals surface area contributed by atoms with Crippen molar-refractivity contribution in [3.05, 3.63) is 0 Å². The van der Waals surface area contributed by atoms with Gasteiger partial charge in [0.25, 0.3) is 0 Å². The lowest BCUT2D eigenvalue weighted by atomic mass is 9.93. The summed E-state index contributed by atoms with van der Waals surface area (Å²) in [5.74, 6) is -1.87. The SMILES string of the molecule is CCC(C)C(=O)N1CCCC(C(=O)NC(C)(COC)C(=O)O)C1. The lowest BCUT2D eigenvalue weighted by molar-refractivity contribution is -0.151. The van der Waals surface area contributed by atoms with E-state index < -0.39 is 11.5 Å². The Hall–Kier alpha value is -1.63. The van der Waals surface area contributed by atoms with E-state index in [0.717, 1.165) is 12.8 Å². The van der Waals surface area contributed by atoms with Crippen LogP contribution in [0.2, 0.25) is 0 Å². The Bertz CT molecular complexity index is 454. The van der Waals surface area contributed by atoms with Crippen molar-refractivity contribution >= 4 is 17.8 Å². The first-order valence-electron chi connectivity index (χ1n) is 8.08. The quantitative estimate of drug-likeness (QED) is 0.723. The first kappa shape index (κ1) is 19.4. The molecule has 3 atom stereocenters. The number of carbonyl (C=O) groups is 3. The van der Waals surface area contributed by atoms with Crippen molar-refractivity contribution in [1.82, 2.24) is 10.2 Å². The number of carboxylic acids is 1. The van der Waals surface area contributed by atoms with Gasteiger partial charge < -0.3 is 20.1 Å². The molecular formula is C16H28N2O5. The van der Waals surface area contributed by atoms with E-state index in [2.05, 4.69) is 5.32 Å². The average Bonchev–Trinajstić information content (AvgIpc) is 2.53. The van der Waals surface area contributed by atoms with Gasteiger partial charge in [0.15, 0.2) is 5.54 Å². The molecule has 1 aliphatic heterocycles. The third-order valence-electron chi connectivity index (χ3n) is 4.44. The summed E-state index contributed by atoms with van der Waals surface area (Å²) >= 11 is 0. The fourth-order valence-electron chi connectivity index (χ4n) is 2.69. The summed E-state index contributed by atoms with van der Waals surface area (Å²) in [7, 11) is 1.39. The summed E-state index contributed by atoms with van der Waals surface area (Å²) in [6.07, 6.45) is 2.16. The van der Waals surface area contributed by atoms with E-state index in [4.69, 9.17) is 4.74 Å². The minimum absolute atomic E-state index is 0.0582. The molecule has 23 heavy (non-hydrogen) atoms. The topological polar surface area (TPSA) is 95.9 Å². The molecule has 2 amide bonds.